The smallest absolute Gasteiger partial charge is 0.271 e. The molecule has 6 nitrogen and oxygen atoms in total. The maximum Gasteiger partial charge on any atom is 0.271 e. The highest BCUT2D eigenvalue weighted by atomic mass is 16.1. The number of amides is 1. The highest BCUT2D eigenvalue weighted by Gasteiger charge is 2.12. The number of carbonyl (C=O) groups excluding carboxylic acids is 1. The van der Waals surface area contributed by atoms with Gasteiger partial charge in [0.2, 0.25) is 0 Å². The van der Waals surface area contributed by atoms with Crippen LogP contribution >= 0.6 is 0 Å². The first-order chi connectivity index (χ1) is 7.77. The molecule has 0 aliphatic heterocycles. The maximum absolute atomic E-state index is 11.7. The number of H-pyrrole nitrogens is 1. The minimum Gasteiger partial charge on any atom is -0.344 e. The Balaban J connectivity index is 2.03. The van der Waals surface area contributed by atoms with Gasteiger partial charge in [-0.1, -0.05) is 0 Å². The molecule has 0 fully saturated rings. The normalized spacial score (nSPS) is 12.1. The van der Waals surface area contributed by atoms with Gasteiger partial charge in [-0.2, -0.15) is 5.10 Å². The SMILES string of the molecule is CC(NC(=O)c1cnccn1)c1cn[nH]c1. The third-order valence-electron chi connectivity index (χ3n) is 2.16. The molecule has 2 N–H and O–H groups in total. The summed E-state index contributed by atoms with van der Waals surface area (Å²) in [5, 5.41) is 9.31. The zero-order valence-electron chi connectivity index (χ0n) is 8.71. The van der Waals surface area contributed by atoms with Crippen LogP contribution in [0.15, 0.2) is 31.0 Å². The molecule has 0 radical (unpaired) electrons. The van der Waals surface area contributed by atoms with E-state index in [0.29, 0.717) is 5.69 Å². The molecule has 0 aromatic carbocycles. The third kappa shape index (κ3) is 2.22. The summed E-state index contributed by atoms with van der Waals surface area (Å²) in [5.74, 6) is -0.248. The summed E-state index contributed by atoms with van der Waals surface area (Å²) in [6.45, 7) is 1.87. The molecule has 0 spiro atoms. The van der Waals surface area contributed by atoms with E-state index >= 15 is 0 Å². The van der Waals surface area contributed by atoms with E-state index in [0.717, 1.165) is 5.56 Å². The van der Waals surface area contributed by atoms with E-state index in [1.165, 1.54) is 18.6 Å². The summed E-state index contributed by atoms with van der Waals surface area (Å²) in [5.41, 5.74) is 1.22. The van der Waals surface area contributed by atoms with Crippen molar-refractivity contribution in [2.24, 2.45) is 0 Å². The second kappa shape index (κ2) is 4.52. The van der Waals surface area contributed by atoms with Gasteiger partial charge in [0.15, 0.2) is 0 Å². The molecule has 1 atom stereocenters. The molecule has 0 aliphatic carbocycles. The lowest BCUT2D eigenvalue weighted by molar-refractivity contribution is 0.0934. The van der Waals surface area contributed by atoms with Crippen LogP contribution in [0.1, 0.15) is 29.0 Å². The highest BCUT2D eigenvalue weighted by molar-refractivity contribution is 5.92. The monoisotopic (exact) mass is 217 g/mol. The topological polar surface area (TPSA) is 83.6 Å². The van der Waals surface area contributed by atoms with Gasteiger partial charge in [0.25, 0.3) is 5.91 Å². The van der Waals surface area contributed by atoms with Gasteiger partial charge in [0.1, 0.15) is 5.69 Å². The van der Waals surface area contributed by atoms with Crippen molar-refractivity contribution in [1.82, 2.24) is 25.5 Å². The standard InChI is InChI=1S/C10H11N5O/c1-7(8-4-13-14-5-8)15-10(16)9-6-11-2-3-12-9/h2-7H,1H3,(H,13,14)(H,15,16). The maximum atomic E-state index is 11.7. The molecule has 0 saturated heterocycles. The summed E-state index contributed by atoms with van der Waals surface area (Å²) in [6, 6.07) is -0.117. The Kier molecular flexibility index (Phi) is 2.90. The molecule has 2 aromatic heterocycles. The average molecular weight is 217 g/mol. The van der Waals surface area contributed by atoms with Crippen molar-refractivity contribution in [2.75, 3.05) is 0 Å². The number of aromatic amines is 1. The lowest BCUT2D eigenvalue weighted by Crippen LogP contribution is -2.27. The van der Waals surface area contributed by atoms with E-state index in [2.05, 4.69) is 25.5 Å². The van der Waals surface area contributed by atoms with Crippen molar-refractivity contribution in [2.45, 2.75) is 13.0 Å². The molecule has 6 heteroatoms. The molecule has 0 saturated carbocycles. The first kappa shape index (κ1) is 10.3. The minimum absolute atomic E-state index is 0.117. The van der Waals surface area contributed by atoms with Crippen molar-refractivity contribution < 1.29 is 4.79 Å². The van der Waals surface area contributed by atoms with E-state index < -0.39 is 0 Å². The van der Waals surface area contributed by atoms with Gasteiger partial charge < -0.3 is 5.32 Å². The van der Waals surface area contributed by atoms with Crippen molar-refractivity contribution in [3.8, 4) is 0 Å². The molecular weight excluding hydrogens is 206 g/mol. The van der Waals surface area contributed by atoms with E-state index in [-0.39, 0.29) is 11.9 Å². The second-order valence-corrected chi connectivity index (χ2v) is 3.32. The first-order valence-corrected chi connectivity index (χ1v) is 4.83. The van der Waals surface area contributed by atoms with Crippen LogP contribution in [-0.4, -0.2) is 26.1 Å². The predicted molar refractivity (Wildman–Crippen MR) is 56.5 cm³/mol. The van der Waals surface area contributed by atoms with Crippen LogP contribution in [0.2, 0.25) is 0 Å². The molecular formula is C10H11N5O. The molecule has 2 aromatic rings. The lowest BCUT2D eigenvalue weighted by atomic mass is 10.2. The van der Waals surface area contributed by atoms with Gasteiger partial charge in [-0.25, -0.2) is 4.98 Å². The molecule has 0 bridgehead atoms. The fourth-order valence-electron chi connectivity index (χ4n) is 1.27. The molecule has 2 rings (SSSR count). The number of nitrogens with one attached hydrogen (secondary N) is 2. The van der Waals surface area contributed by atoms with Crippen molar-refractivity contribution >= 4 is 5.91 Å². The van der Waals surface area contributed by atoms with Gasteiger partial charge >= 0.3 is 0 Å². The number of rotatable bonds is 3. The lowest BCUT2D eigenvalue weighted by Gasteiger charge is -2.10. The van der Waals surface area contributed by atoms with Gasteiger partial charge in [-0.05, 0) is 6.92 Å². The number of hydrogen-bond acceptors (Lipinski definition) is 4. The molecule has 0 aliphatic rings. The molecule has 82 valence electrons. The quantitative estimate of drug-likeness (QED) is 0.792. The van der Waals surface area contributed by atoms with Crippen molar-refractivity contribution in [3.63, 3.8) is 0 Å². The fraction of sp³-hybridized carbons (Fsp3) is 0.200. The number of carbonyl (C=O) groups is 1. The van der Waals surface area contributed by atoms with Gasteiger partial charge in [-0.3, -0.25) is 14.9 Å². The minimum atomic E-state index is -0.248. The van der Waals surface area contributed by atoms with Crippen molar-refractivity contribution in [1.29, 1.82) is 0 Å². The van der Waals surface area contributed by atoms with E-state index in [1.807, 2.05) is 6.92 Å². The average Bonchev–Trinajstić information content (AvgIpc) is 2.83. The summed E-state index contributed by atoms with van der Waals surface area (Å²) >= 11 is 0. The summed E-state index contributed by atoms with van der Waals surface area (Å²) < 4.78 is 0. The zero-order valence-corrected chi connectivity index (χ0v) is 8.71. The Morgan fingerprint density at radius 3 is 2.94 bits per heavy atom. The highest BCUT2D eigenvalue weighted by Crippen LogP contribution is 2.09. The predicted octanol–water partition coefficient (Wildman–Crippen LogP) is 0.691. The molecule has 2 heterocycles. The molecule has 1 amide bonds. The Labute approximate surface area is 92.1 Å². The Morgan fingerprint density at radius 1 is 1.44 bits per heavy atom. The summed E-state index contributed by atoms with van der Waals surface area (Å²) in [7, 11) is 0. The number of hydrogen-bond donors (Lipinski definition) is 2. The van der Waals surface area contributed by atoms with E-state index in [9.17, 15) is 4.79 Å². The van der Waals surface area contributed by atoms with Gasteiger partial charge in [0, 0.05) is 24.2 Å². The van der Waals surface area contributed by atoms with Crippen LogP contribution in [0.5, 0.6) is 0 Å². The Morgan fingerprint density at radius 2 is 2.31 bits per heavy atom. The zero-order chi connectivity index (χ0) is 11.4. The van der Waals surface area contributed by atoms with Crippen LogP contribution in [0.25, 0.3) is 0 Å². The number of aromatic nitrogens is 4. The Hall–Kier alpha value is -2.24. The van der Waals surface area contributed by atoms with Crippen molar-refractivity contribution in [3.05, 3.63) is 42.2 Å². The Bertz CT molecular complexity index is 453. The van der Waals surface area contributed by atoms with Gasteiger partial charge in [0.05, 0.1) is 18.4 Å². The van der Waals surface area contributed by atoms with E-state index in [1.54, 1.807) is 12.4 Å². The fourth-order valence-corrected chi connectivity index (χ4v) is 1.27. The van der Waals surface area contributed by atoms with Crippen LogP contribution in [0, 0.1) is 0 Å². The van der Waals surface area contributed by atoms with Gasteiger partial charge in [-0.15, -0.1) is 0 Å². The van der Waals surface area contributed by atoms with Crippen LogP contribution in [0.3, 0.4) is 0 Å². The largest absolute Gasteiger partial charge is 0.344 e. The second-order valence-electron chi connectivity index (χ2n) is 3.32. The molecule has 1 unspecified atom stereocenters. The third-order valence-corrected chi connectivity index (χ3v) is 2.16. The summed E-state index contributed by atoms with van der Waals surface area (Å²) in [4.78, 5) is 19.5. The number of nitrogens with zero attached hydrogens (tertiary/aromatic N) is 3. The summed E-state index contributed by atoms with van der Waals surface area (Å²) in [6.07, 6.45) is 7.84. The van der Waals surface area contributed by atoms with E-state index in [4.69, 9.17) is 0 Å². The van der Waals surface area contributed by atoms with Crippen LogP contribution in [0.4, 0.5) is 0 Å². The van der Waals surface area contributed by atoms with Crippen LogP contribution in [-0.2, 0) is 0 Å². The first-order valence-electron chi connectivity index (χ1n) is 4.83. The van der Waals surface area contributed by atoms with Crippen LogP contribution < -0.4 is 5.32 Å². The molecule has 16 heavy (non-hydrogen) atoms.